The molecular weight excluding hydrogens is 298 g/mol. The number of nitrogens with one attached hydrogen (secondary N) is 1. The molecule has 0 aromatic heterocycles. The van der Waals surface area contributed by atoms with Crippen molar-refractivity contribution in [2.75, 3.05) is 33.0 Å². The fraction of sp³-hybridized carbons (Fsp3) is 0.688. The van der Waals surface area contributed by atoms with Gasteiger partial charge in [0.1, 0.15) is 6.67 Å². The third kappa shape index (κ3) is 2.34. The number of fused-ring (bicyclic) bond motifs is 1. The van der Waals surface area contributed by atoms with Crippen LogP contribution in [0.1, 0.15) is 12.8 Å². The summed E-state index contributed by atoms with van der Waals surface area (Å²) in [6.45, 7) is 2.09. The van der Waals surface area contributed by atoms with E-state index >= 15 is 0 Å². The van der Waals surface area contributed by atoms with E-state index in [0.717, 1.165) is 12.8 Å². The third-order valence-electron chi connectivity index (χ3n) is 5.54. The van der Waals surface area contributed by atoms with Crippen molar-refractivity contribution in [2.24, 2.45) is 23.7 Å². The van der Waals surface area contributed by atoms with Gasteiger partial charge in [-0.15, -0.1) is 0 Å². The number of morpholine rings is 1. The van der Waals surface area contributed by atoms with Gasteiger partial charge in [0.05, 0.1) is 25.0 Å². The molecule has 0 aromatic carbocycles. The molecule has 1 saturated carbocycles. The molecule has 2 aliphatic heterocycles. The number of carbonyl (C=O) groups excluding carboxylic acids is 3. The summed E-state index contributed by atoms with van der Waals surface area (Å²) in [5, 5.41) is 2.71. The molecule has 124 valence electrons. The zero-order valence-corrected chi connectivity index (χ0v) is 12.9. The average molecular weight is 319 g/mol. The highest BCUT2D eigenvalue weighted by atomic mass is 16.5. The molecule has 2 heterocycles. The number of nitrogens with zero attached hydrogens (tertiary/aromatic N) is 2. The first-order valence-corrected chi connectivity index (χ1v) is 8.31. The Morgan fingerprint density at radius 1 is 1.09 bits per heavy atom. The highest BCUT2D eigenvalue weighted by molar-refractivity contribution is 6.06. The van der Waals surface area contributed by atoms with Crippen LogP contribution in [0.15, 0.2) is 12.2 Å². The van der Waals surface area contributed by atoms with Crippen LogP contribution in [0.25, 0.3) is 0 Å². The molecule has 3 fully saturated rings. The summed E-state index contributed by atoms with van der Waals surface area (Å²) < 4.78 is 5.21. The average Bonchev–Trinajstić information content (AvgIpc) is 2.88. The van der Waals surface area contributed by atoms with Crippen LogP contribution in [0.5, 0.6) is 0 Å². The minimum Gasteiger partial charge on any atom is -0.378 e. The van der Waals surface area contributed by atoms with Gasteiger partial charge in [-0.3, -0.25) is 14.5 Å². The number of hydrogen-bond acceptors (Lipinski definition) is 4. The highest BCUT2D eigenvalue weighted by Crippen LogP contribution is 2.49. The number of carbonyl (C=O) groups is 3. The van der Waals surface area contributed by atoms with Crippen molar-refractivity contribution >= 4 is 17.8 Å². The lowest BCUT2D eigenvalue weighted by Crippen LogP contribution is -2.50. The predicted molar refractivity (Wildman–Crippen MR) is 80.0 cm³/mol. The Bertz CT molecular complexity index is 538. The minimum atomic E-state index is -0.245. The number of rotatable bonds is 2. The predicted octanol–water partition coefficient (Wildman–Crippen LogP) is 0.183. The summed E-state index contributed by atoms with van der Waals surface area (Å²) in [4.78, 5) is 40.2. The Morgan fingerprint density at radius 3 is 2.17 bits per heavy atom. The summed E-state index contributed by atoms with van der Waals surface area (Å²) in [5.74, 6) is -0.316. The molecule has 5 rings (SSSR count). The SMILES string of the molecule is O=C(NCN1C(=O)C2C3C=CC(CC3)C2C1=O)N1CCOCC1. The van der Waals surface area contributed by atoms with Gasteiger partial charge in [-0.2, -0.15) is 0 Å². The minimum absolute atomic E-state index is 0.0275. The lowest BCUT2D eigenvalue weighted by atomic mass is 9.63. The quantitative estimate of drug-likeness (QED) is 0.582. The smallest absolute Gasteiger partial charge is 0.318 e. The Labute approximate surface area is 134 Å². The van der Waals surface area contributed by atoms with Crippen LogP contribution >= 0.6 is 0 Å². The number of urea groups is 1. The number of amides is 4. The van der Waals surface area contributed by atoms with Crippen LogP contribution < -0.4 is 5.32 Å². The van der Waals surface area contributed by atoms with E-state index in [4.69, 9.17) is 4.74 Å². The van der Waals surface area contributed by atoms with Gasteiger partial charge >= 0.3 is 6.03 Å². The molecule has 0 spiro atoms. The second kappa shape index (κ2) is 5.63. The Hall–Kier alpha value is -1.89. The number of hydrogen-bond donors (Lipinski definition) is 1. The van der Waals surface area contributed by atoms with Gasteiger partial charge < -0.3 is 15.0 Å². The van der Waals surface area contributed by atoms with Gasteiger partial charge in [0, 0.05) is 13.1 Å². The van der Waals surface area contributed by atoms with Gasteiger partial charge in [-0.1, -0.05) is 12.2 Å². The fourth-order valence-electron chi connectivity index (χ4n) is 4.32. The van der Waals surface area contributed by atoms with Gasteiger partial charge in [0.2, 0.25) is 11.8 Å². The van der Waals surface area contributed by atoms with Crippen LogP contribution in [0.4, 0.5) is 4.79 Å². The van der Waals surface area contributed by atoms with Crippen molar-refractivity contribution in [3.8, 4) is 0 Å². The van der Waals surface area contributed by atoms with Gasteiger partial charge in [-0.05, 0) is 24.7 Å². The normalized spacial score (nSPS) is 35.7. The molecule has 7 heteroatoms. The van der Waals surface area contributed by atoms with Crippen molar-refractivity contribution in [3.63, 3.8) is 0 Å². The number of imide groups is 1. The van der Waals surface area contributed by atoms with Gasteiger partial charge in [0.15, 0.2) is 0 Å². The lowest BCUT2D eigenvalue weighted by molar-refractivity contribution is -0.140. The van der Waals surface area contributed by atoms with Crippen molar-refractivity contribution in [1.29, 1.82) is 0 Å². The fourth-order valence-corrected chi connectivity index (χ4v) is 4.32. The highest BCUT2D eigenvalue weighted by Gasteiger charge is 2.56. The Kier molecular flexibility index (Phi) is 3.60. The first-order chi connectivity index (χ1) is 11.2. The van der Waals surface area contributed by atoms with Crippen molar-refractivity contribution < 1.29 is 19.1 Å². The van der Waals surface area contributed by atoms with Crippen LogP contribution in [-0.4, -0.2) is 60.6 Å². The monoisotopic (exact) mass is 319 g/mol. The maximum Gasteiger partial charge on any atom is 0.318 e. The Balaban J connectivity index is 1.41. The van der Waals surface area contributed by atoms with E-state index in [1.165, 1.54) is 4.90 Å². The first-order valence-electron chi connectivity index (χ1n) is 8.31. The second-order valence-corrected chi connectivity index (χ2v) is 6.69. The standard InChI is InChI=1S/C16H21N3O4/c20-14-12-10-1-2-11(4-3-10)13(12)15(21)19(14)9-17-16(22)18-5-7-23-8-6-18/h1-2,10-13H,3-9H2,(H,17,22). The van der Waals surface area contributed by atoms with Crippen molar-refractivity contribution in [2.45, 2.75) is 12.8 Å². The summed E-state index contributed by atoms with van der Waals surface area (Å²) >= 11 is 0. The van der Waals surface area contributed by atoms with Crippen LogP contribution in [-0.2, 0) is 14.3 Å². The zero-order chi connectivity index (χ0) is 16.0. The number of ether oxygens (including phenoxy) is 1. The molecule has 3 aliphatic carbocycles. The molecule has 7 nitrogen and oxygen atoms in total. The van der Waals surface area contributed by atoms with E-state index < -0.39 is 0 Å². The maximum atomic E-state index is 12.6. The van der Waals surface area contributed by atoms with E-state index in [1.807, 2.05) is 0 Å². The third-order valence-corrected chi connectivity index (χ3v) is 5.54. The molecular formula is C16H21N3O4. The van der Waals surface area contributed by atoms with Crippen LogP contribution in [0, 0.1) is 23.7 Å². The summed E-state index contributed by atoms with van der Waals surface area (Å²) in [6.07, 6.45) is 6.15. The van der Waals surface area contributed by atoms with Gasteiger partial charge in [0.25, 0.3) is 0 Å². The van der Waals surface area contributed by atoms with Gasteiger partial charge in [-0.25, -0.2) is 4.79 Å². The zero-order valence-electron chi connectivity index (χ0n) is 12.9. The molecule has 4 amide bonds. The van der Waals surface area contributed by atoms with E-state index in [2.05, 4.69) is 17.5 Å². The summed E-state index contributed by atoms with van der Waals surface area (Å²) in [7, 11) is 0. The largest absolute Gasteiger partial charge is 0.378 e. The second-order valence-electron chi connectivity index (χ2n) is 6.69. The molecule has 1 N–H and O–H groups in total. The molecule has 2 bridgehead atoms. The number of likely N-dealkylation sites (tertiary alicyclic amines) is 1. The Morgan fingerprint density at radius 2 is 1.65 bits per heavy atom. The maximum absolute atomic E-state index is 12.6. The molecule has 2 saturated heterocycles. The molecule has 5 aliphatic rings. The molecule has 0 aromatic rings. The summed E-state index contributed by atoms with van der Waals surface area (Å²) in [6, 6.07) is -0.245. The van der Waals surface area contributed by atoms with Crippen LogP contribution in [0.3, 0.4) is 0 Å². The van der Waals surface area contributed by atoms with Crippen LogP contribution in [0.2, 0.25) is 0 Å². The summed E-state index contributed by atoms with van der Waals surface area (Å²) in [5.41, 5.74) is 0. The number of allylic oxidation sites excluding steroid dienone is 2. The molecule has 4 atom stereocenters. The molecule has 4 unspecified atom stereocenters. The van der Waals surface area contributed by atoms with E-state index in [9.17, 15) is 14.4 Å². The molecule has 23 heavy (non-hydrogen) atoms. The topological polar surface area (TPSA) is 79.0 Å². The van der Waals surface area contributed by atoms with E-state index in [1.54, 1.807) is 4.90 Å². The molecule has 0 radical (unpaired) electrons. The lowest BCUT2D eigenvalue weighted by Gasteiger charge is -2.38. The first kappa shape index (κ1) is 14.7. The van der Waals surface area contributed by atoms with E-state index in [-0.39, 0.29) is 48.2 Å². The van der Waals surface area contributed by atoms with Crippen molar-refractivity contribution in [3.05, 3.63) is 12.2 Å². The van der Waals surface area contributed by atoms with Crippen molar-refractivity contribution in [1.82, 2.24) is 15.1 Å². The van der Waals surface area contributed by atoms with E-state index in [0.29, 0.717) is 26.3 Å².